The molecule has 0 atom stereocenters. The Morgan fingerprint density at radius 1 is 1.18 bits per heavy atom. The number of nitrogens with two attached hydrogens (primary N) is 2. The Hall–Kier alpha value is -1.94. The van der Waals surface area contributed by atoms with E-state index in [0.29, 0.717) is 17.3 Å². The number of nitrogens with zero attached hydrogens (tertiary/aromatic N) is 1. The topological polar surface area (TPSA) is 74.0 Å². The fraction of sp³-hybridized carbons (Fsp3) is 0.0833. The Labute approximate surface area is 103 Å². The van der Waals surface area contributed by atoms with Gasteiger partial charge in [-0.15, -0.1) is 0 Å². The molecule has 0 spiro atoms. The summed E-state index contributed by atoms with van der Waals surface area (Å²) in [6.07, 6.45) is 1.61. The van der Waals surface area contributed by atoms with E-state index in [1.807, 2.05) is 18.2 Å². The van der Waals surface area contributed by atoms with Crippen LogP contribution in [-0.2, 0) is 6.54 Å². The molecular formula is C12H12ClN3O. The molecule has 88 valence electrons. The summed E-state index contributed by atoms with van der Waals surface area (Å²) in [4.78, 5) is 11.8. The summed E-state index contributed by atoms with van der Waals surface area (Å²) in [5, 5.41) is 0.620. The molecule has 17 heavy (non-hydrogen) atoms. The second kappa shape index (κ2) is 4.51. The Bertz CT molecular complexity index is 607. The van der Waals surface area contributed by atoms with Crippen LogP contribution in [0.25, 0.3) is 0 Å². The van der Waals surface area contributed by atoms with E-state index in [-0.39, 0.29) is 11.2 Å². The van der Waals surface area contributed by atoms with Crippen LogP contribution in [-0.4, -0.2) is 4.57 Å². The molecule has 0 aliphatic carbocycles. The second-order valence-corrected chi connectivity index (χ2v) is 4.12. The number of halogens is 1. The molecule has 1 heterocycles. The van der Waals surface area contributed by atoms with Gasteiger partial charge in [-0.05, 0) is 17.7 Å². The summed E-state index contributed by atoms with van der Waals surface area (Å²) in [6, 6.07) is 8.95. The zero-order valence-electron chi connectivity index (χ0n) is 9.06. The zero-order valence-corrected chi connectivity index (χ0v) is 9.82. The van der Waals surface area contributed by atoms with Gasteiger partial charge in [-0.2, -0.15) is 0 Å². The lowest BCUT2D eigenvalue weighted by Gasteiger charge is -2.09. The van der Waals surface area contributed by atoms with Crippen molar-refractivity contribution < 1.29 is 0 Å². The quantitative estimate of drug-likeness (QED) is 0.851. The van der Waals surface area contributed by atoms with E-state index in [0.717, 1.165) is 5.56 Å². The summed E-state index contributed by atoms with van der Waals surface area (Å²) >= 11 is 6.03. The van der Waals surface area contributed by atoms with Crippen LogP contribution in [0.2, 0.25) is 5.02 Å². The first kappa shape index (κ1) is 11.5. The van der Waals surface area contributed by atoms with Crippen molar-refractivity contribution in [2.24, 2.45) is 0 Å². The number of anilines is 2. The van der Waals surface area contributed by atoms with Crippen molar-refractivity contribution in [2.75, 3.05) is 11.5 Å². The molecular weight excluding hydrogens is 238 g/mol. The molecule has 0 aliphatic heterocycles. The number of benzene rings is 1. The standard InChI is InChI=1S/C12H12ClN3O/c13-9-4-2-1-3-8(9)7-16-6-5-10(14)11(15)12(16)17/h1-6H,7,14-15H2. The number of aromatic nitrogens is 1. The van der Waals surface area contributed by atoms with E-state index in [1.54, 1.807) is 18.3 Å². The van der Waals surface area contributed by atoms with Crippen LogP contribution < -0.4 is 17.0 Å². The molecule has 0 unspecified atom stereocenters. The molecule has 5 heteroatoms. The molecule has 1 aromatic heterocycles. The summed E-state index contributed by atoms with van der Waals surface area (Å²) in [6.45, 7) is 0.378. The zero-order chi connectivity index (χ0) is 12.4. The highest BCUT2D eigenvalue weighted by atomic mass is 35.5. The van der Waals surface area contributed by atoms with Crippen molar-refractivity contribution >= 4 is 23.0 Å². The molecule has 2 aromatic rings. The largest absolute Gasteiger partial charge is 0.397 e. The molecule has 4 nitrogen and oxygen atoms in total. The van der Waals surface area contributed by atoms with Gasteiger partial charge in [0.15, 0.2) is 0 Å². The maximum absolute atomic E-state index is 11.8. The van der Waals surface area contributed by atoms with E-state index >= 15 is 0 Å². The molecule has 4 N–H and O–H groups in total. The van der Waals surface area contributed by atoms with Crippen LogP contribution >= 0.6 is 11.6 Å². The minimum Gasteiger partial charge on any atom is -0.397 e. The maximum Gasteiger partial charge on any atom is 0.276 e. The van der Waals surface area contributed by atoms with Crippen LogP contribution in [0.4, 0.5) is 11.4 Å². The molecule has 0 amide bonds. The fourth-order valence-corrected chi connectivity index (χ4v) is 1.74. The molecule has 0 radical (unpaired) electrons. The minimum atomic E-state index is -0.301. The third kappa shape index (κ3) is 2.26. The first-order valence-corrected chi connectivity index (χ1v) is 5.45. The van der Waals surface area contributed by atoms with Crippen molar-refractivity contribution in [3.05, 3.63) is 57.5 Å². The minimum absolute atomic E-state index is 0.0690. The number of hydrogen-bond acceptors (Lipinski definition) is 3. The fourth-order valence-electron chi connectivity index (χ4n) is 1.54. The van der Waals surface area contributed by atoms with Gasteiger partial charge in [0.25, 0.3) is 5.56 Å². The monoisotopic (exact) mass is 249 g/mol. The van der Waals surface area contributed by atoms with Gasteiger partial charge in [0.05, 0.1) is 12.2 Å². The Morgan fingerprint density at radius 2 is 1.88 bits per heavy atom. The molecule has 2 rings (SSSR count). The van der Waals surface area contributed by atoms with Crippen molar-refractivity contribution in [2.45, 2.75) is 6.54 Å². The van der Waals surface area contributed by atoms with E-state index in [9.17, 15) is 4.79 Å². The van der Waals surface area contributed by atoms with E-state index in [2.05, 4.69) is 0 Å². The van der Waals surface area contributed by atoms with Gasteiger partial charge in [0, 0.05) is 11.2 Å². The van der Waals surface area contributed by atoms with Crippen LogP contribution in [0, 0.1) is 0 Å². The lowest BCUT2D eigenvalue weighted by Crippen LogP contribution is -2.24. The summed E-state index contributed by atoms with van der Waals surface area (Å²) in [5.41, 5.74) is 12.1. The molecule has 0 bridgehead atoms. The first-order chi connectivity index (χ1) is 8.09. The predicted molar refractivity (Wildman–Crippen MR) is 70.1 cm³/mol. The van der Waals surface area contributed by atoms with Crippen LogP contribution in [0.1, 0.15) is 5.56 Å². The van der Waals surface area contributed by atoms with E-state index < -0.39 is 0 Å². The molecule has 0 aliphatic rings. The number of pyridine rings is 1. The van der Waals surface area contributed by atoms with Crippen LogP contribution in [0.15, 0.2) is 41.3 Å². The van der Waals surface area contributed by atoms with Gasteiger partial charge in [-0.3, -0.25) is 4.79 Å². The third-order valence-corrected chi connectivity index (χ3v) is 2.90. The predicted octanol–water partition coefficient (Wildman–Crippen LogP) is 1.71. The summed E-state index contributed by atoms with van der Waals surface area (Å²) in [5.74, 6) is 0. The third-order valence-electron chi connectivity index (χ3n) is 2.53. The number of rotatable bonds is 2. The maximum atomic E-state index is 11.8. The second-order valence-electron chi connectivity index (χ2n) is 3.71. The van der Waals surface area contributed by atoms with Crippen molar-refractivity contribution in [1.82, 2.24) is 4.57 Å². The Kier molecular flexibility index (Phi) is 3.06. The normalized spacial score (nSPS) is 10.4. The molecule has 0 saturated carbocycles. The van der Waals surface area contributed by atoms with E-state index in [1.165, 1.54) is 4.57 Å². The summed E-state index contributed by atoms with van der Waals surface area (Å²) in [7, 11) is 0. The first-order valence-electron chi connectivity index (χ1n) is 5.07. The van der Waals surface area contributed by atoms with Gasteiger partial charge < -0.3 is 16.0 Å². The summed E-state index contributed by atoms with van der Waals surface area (Å²) < 4.78 is 1.48. The lowest BCUT2D eigenvalue weighted by molar-refractivity contribution is 0.763. The Balaban J connectivity index is 2.41. The van der Waals surface area contributed by atoms with Crippen molar-refractivity contribution in [3.8, 4) is 0 Å². The molecule has 0 saturated heterocycles. The number of hydrogen-bond donors (Lipinski definition) is 2. The highest BCUT2D eigenvalue weighted by Gasteiger charge is 2.06. The van der Waals surface area contributed by atoms with Gasteiger partial charge in [0.1, 0.15) is 5.69 Å². The van der Waals surface area contributed by atoms with Gasteiger partial charge >= 0.3 is 0 Å². The van der Waals surface area contributed by atoms with Crippen LogP contribution in [0.5, 0.6) is 0 Å². The van der Waals surface area contributed by atoms with Gasteiger partial charge in [0.2, 0.25) is 0 Å². The van der Waals surface area contributed by atoms with Crippen LogP contribution in [0.3, 0.4) is 0 Å². The van der Waals surface area contributed by atoms with Crippen molar-refractivity contribution in [1.29, 1.82) is 0 Å². The highest BCUT2D eigenvalue weighted by molar-refractivity contribution is 6.31. The molecule has 0 fully saturated rings. The number of nitrogen functional groups attached to an aromatic ring is 2. The lowest BCUT2D eigenvalue weighted by atomic mass is 10.2. The van der Waals surface area contributed by atoms with Gasteiger partial charge in [-0.1, -0.05) is 29.8 Å². The van der Waals surface area contributed by atoms with Crippen molar-refractivity contribution in [3.63, 3.8) is 0 Å². The van der Waals surface area contributed by atoms with Gasteiger partial charge in [-0.25, -0.2) is 0 Å². The SMILES string of the molecule is Nc1ccn(Cc2ccccc2Cl)c(=O)c1N. The highest BCUT2D eigenvalue weighted by Crippen LogP contribution is 2.16. The Morgan fingerprint density at radius 3 is 2.59 bits per heavy atom. The average Bonchev–Trinajstić information content (AvgIpc) is 2.32. The smallest absolute Gasteiger partial charge is 0.276 e. The van der Waals surface area contributed by atoms with E-state index in [4.69, 9.17) is 23.1 Å². The average molecular weight is 250 g/mol. The molecule has 1 aromatic carbocycles.